The minimum Gasteiger partial charge on any atom is -0.456 e. The fourth-order valence-electron chi connectivity index (χ4n) is 2.85. The van der Waals surface area contributed by atoms with E-state index in [9.17, 15) is 19.5 Å². The van der Waals surface area contributed by atoms with Crippen molar-refractivity contribution in [3.63, 3.8) is 0 Å². The van der Waals surface area contributed by atoms with Crippen LogP contribution in [0.15, 0.2) is 40.1 Å². The van der Waals surface area contributed by atoms with Gasteiger partial charge in [-0.1, -0.05) is 17.7 Å². The normalized spacial score (nSPS) is 22.3. The highest BCUT2D eigenvalue weighted by molar-refractivity contribution is 5.89. The van der Waals surface area contributed by atoms with Crippen LogP contribution in [0.1, 0.15) is 34.1 Å². The minimum atomic E-state index is -0.756. The second kappa shape index (κ2) is 7.27. The molecule has 138 valence electrons. The molecule has 8 heteroatoms. The van der Waals surface area contributed by atoms with Crippen LogP contribution in [0.2, 0.25) is 0 Å². The average molecular weight is 360 g/mol. The number of carbonyl (C=O) groups excluding carboxylic acids is 1. The van der Waals surface area contributed by atoms with Gasteiger partial charge in [0.15, 0.2) is 0 Å². The molecule has 1 aliphatic heterocycles. The van der Waals surface area contributed by atoms with Crippen LogP contribution in [0.3, 0.4) is 0 Å². The number of aromatic nitrogens is 2. The van der Waals surface area contributed by atoms with Crippen LogP contribution >= 0.6 is 0 Å². The van der Waals surface area contributed by atoms with Crippen LogP contribution in [0.4, 0.5) is 0 Å². The summed E-state index contributed by atoms with van der Waals surface area (Å²) >= 11 is 0. The van der Waals surface area contributed by atoms with E-state index < -0.39 is 35.7 Å². The van der Waals surface area contributed by atoms with Crippen molar-refractivity contribution in [1.82, 2.24) is 9.55 Å². The van der Waals surface area contributed by atoms with Gasteiger partial charge in [0, 0.05) is 18.2 Å². The second-order valence-electron chi connectivity index (χ2n) is 6.34. The maximum atomic E-state index is 12.3. The van der Waals surface area contributed by atoms with Gasteiger partial charge in [-0.25, -0.2) is 9.59 Å². The lowest BCUT2D eigenvalue weighted by Crippen LogP contribution is -2.33. The summed E-state index contributed by atoms with van der Waals surface area (Å²) in [5.74, 6) is -0.525. The Morgan fingerprint density at radius 2 is 2.00 bits per heavy atom. The standard InChI is InChI=1S/C18H20N2O6/c1-10-3-5-12(6-4-10)17(23)26-13-7-15(25-14(13)9-21)20-8-11(2)16(22)19-18(20)24/h3-6,8,13-15,21H,7,9H2,1-2H3,(H,19,22,24). The quantitative estimate of drug-likeness (QED) is 0.775. The Morgan fingerprint density at radius 1 is 1.31 bits per heavy atom. The molecular formula is C18H20N2O6. The molecule has 2 aromatic rings. The molecule has 0 bridgehead atoms. The van der Waals surface area contributed by atoms with Gasteiger partial charge in [-0.2, -0.15) is 0 Å². The average Bonchev–Trinajstić information content (AvgIpc) is 3.01. The summed E-state index contributed by atoms with van der Waals surface area (Å²) in [5, 5.41) is 9.53. The summed E-state index contributed by atoms with van der Waals surface area (Å²) in [6.07, 6.45) is -0.629. The summed E-state index contributed by atoms with van der Waals surface area (Å²) in [6.45, 7) is 3.12. The Kier molecular flexibility index (Phi) is 5.06. The van der Waals surface area contributed by atoms with Gasteiger partial charge in [-0.15, -0.1) is 0 Å². The van der Waals surface area contributed by atoms with E-state index in [1.54, 1.807) is 31.2 Å². The molecule has 26 heavy (non-hydrogen) atoms. The van der Waals surface area contributed by atoms with Crippen molar-refractivity contribution in [2.75, 3.05) is 6.61 Å². The molecule has 0 spiro atoms. The minimum absolute atomic E-state index is 0.189. The third-order valence-electron chi connectivity index (χ3n) is 4.36. The first-order valence-electron chi connectivity index (χ1n) is 8.25. The molecule has 1 aromatic carbocycles. The first-order chi connectivity index (χ1) is 12.4. The van der Waals surface area contributed by atoms with E-state index in [0.717, 1.165) is 5.56 Å². The lowest BCUT2D eigenvalue weighted by atomic mass is 10.1. The van der Waals surface area contributed by atoms with E-state index >= 15 is 0 Å². The molecule has 2 heterocycles. The Labute approximate surface area is 149 Å². The van der Waals surface area contributed by atoms with Crippen LogP contribution in [-0.4, -0.2) is 39.4 Å². The van der Waals surface area contributed by atoms with Crippen LogP contribution in [0.5, 0.6) is 0 Å². The van der Waals surface area contributed by atoms with Gasteiger partial charge >= 0.3 is 11.7 Å². The number of aliphatic hydroxyl groups excluding tert-OH is 1. The van der Waals surface area contributed by atoms with Crippen molar-refractivity contribution in [2.45, 2.75) is 38.7 Å². The van der Waals surface area contributed by atoms with E-state index in [-0.39, 0.29) is 13.0 Å². The lowest BCUT2D eigenvalue weighted by molar-refractivity contribution is -0.0522. The topological polar surface area (TPSA) is 111 Å². The third-order valence-corrected chi connectivity index (χ3v) is 4.36. The molecule has 1 aromatic heterocycles. The molecule has 1 saturated heterocycles. The Morgan fingerprint density at radius 3 is 2.65 bits per heavy atom. The number of rotatable bonds is 4. The van der Waals surface area contributed by atoms with Gasteiger partial charge in [0.2, 0.25) is 0 Å². The summed E-state index contributed by atoms with van der Waals surface area (Å²) in [7, 11) is 0. The maximum absolute atomic E-state index is 12.3. The molecule has 0 amide bonds. The fourth-order valence-corrected chi connectivity index (χ4v) is 2.85. The van der Waals surface area contributed by atoms with E-state index in [1.807, 2.05) is 6.92 Å². The van der Waals surface area contributed by atoms with Crippen molar-refractivity contribution in [1.29, 1.82) is 0 Å². The number of ether oxygens (including phenoxy) is 2. The zero-order chi connectivity index (χ0) is 18.8. The van der Waals surface area contributed by atoms with Crippen molar-refractivity contribution < 1.29 is 19.4 Å². The summed E-state index contributed by atoms with van der Waals surface area (Å²) < 4.78 is 12.4. The molecule has 3 atom stereocenters. The number of H-pyrrole nitrogens is 1. The largest absolute Gasteiger partial charge is 0.456 e. The molecule has 3 rings (SSSR count). The Balaban J connectivity index is 1.78. The third kappa shape index (κ3) is 3.61. The number of hydrogen-bond acceptors (Lipinski definition) is 6. The molecule has 8 nitrogen and oxygen atoms in total. The Bertz CT molecular complexity index is 915. The number of esters is 1. The van der Waals surface area contributed by atoms with Crippen molar-refractivity contribution in [2.24, 2.45) is 0 Å². The Hall–Kier alpha value is -2.71. The first-order valence-corrected chi connectivity index (χ1v) is 8.25. The number of benzene rings is 1. The predicted octanol–water partition coefficient (Wildman–Crippen LogP) is 0.659. The number of aliphatic hydroxyl groups is 1. The van der Waals surface area contributed by atoms with Crippen molar-refractivity contribution in [3.8, 4) is 0 Å². The van der Waals surface area contributed by atoms with Gasteiger partial charge in [-0.05, 0) is 26.0 Å². The van der Waals surface area contributed by atoms with Gasteiger partial charge < -0.3 is 14.6 Å². The summed E-state index contributed by atoms with van der Waals surface area (Å²) in [4.78, 5) is 38.0. The van der Waals surface area contributed by atoms with E-state index in [4.69, 9.17) is 9.47 Å². The highest BCUT2D eigenvalue weighted by atomic mass is 16.6. The molecule has 0 radical (unpaired) electrons. The highest BCUT2D eigenvalue weighted by Crippen LogP contribution is 2.30. The number of aryl methyl sites for hydroxylation is 2. The van der Waals surface area contributed by atoms with Crippen molar-refractivity contribution >= 4 is 5.97 Å². The second-order valence-corrected chi connectivity index (χ2v) is 6.34. The summed E-state index contributed by atoms with van der Waals surface area (Å²) in [6, 6.07) is 6.93. The smallest absolute Gasteiger partial charge is 0.338 e. The SMILES string of the molecule is Cc1ccc(C(=O)OC2CC(n3cc(C)c(=O)[nH]c3=O)OC2CO)cc1. The molecule has 1 fully saturated rings. The van der Waals surface area contributed by atoms with Gasteiger partial charge in [0.1, 0.15) is 18.4 Å². The van der Waals surface area contributed by atoms with Gasteiger partial charge in [-0.3, -0.25) is 14.3 Å². The number of nitrogens with zero attached hydrogens (tertiary/aromatic N) is 1. The molecule has 2 N–H and O–H groups in total. The van der Waals surface area contributed by atoms with Gasteiger partial charge in [0.25, 0.3) is 5.56 Å². The fraction of sp³-hybridized carbons (Fsp3) is 0.389. The summed E-state index contributed by atoms with van der Waals surface area (Å²) in [5.41, 5.74) is 0.687. The monoisotopic (exact) mass is 360 g/mol. The van der Waals surface area contributed by atoms with Crippen LogP contribution < -0.4 is 11.2 Å². The van der Waals surface area contributed by atoms with Crippen molar-refractivity contribution in [3.05, 3.63) is 68.0 Å². The van der Waals surface area contributed by atoms with Crippen LogP contribution in [0.25, 0.3) is 0 Å². The molecule has 0 aliphatic carbocycles. The number of hydrogen-bond donors (Lipinski definition) is 2. The molecule has 0 saturated carbocycles. The predicted molar refractivity (Wildman–Crippen MR) is 92.1 cm³/mol. The van der Waals surface area contributed by atoms with E-state index in [2.05, 4.69) is 4.98 Å². The molecule has 3 unspecified atom stereocenters. The molecule has 1 aliphatic rings. The number of aromatic amines is 1. The lowest BCUT2D eigenvalue weighted by Gasteiger charge is -2.16. The van der Waals surface area contributed by atoms with Crippen LogP contribution in [-0.2, 0) is 9.47 Å². The van der Waals surface area contributed by atoms with Crippen LogP contribution in [0, 0.1) is 13.8 Å². The zero-order valence-corrected chi connectivity index (χ0v) is 14.5. The number of carbonyl (C=O) groups is 1. The highest BCUT2D eigenvalue weighted by Gasteiger charge is 2.39. The maximum Gasteiger partial charge on any atom is 0.338 e. The first kappa shape index (κ1) is 18.1. The molecular weight excluding hydrogens is 340 g/mol. The van der Waals surface area contributed by atoms with E-state index in [0.29, 0.717) is 11.1 Å². The number of nitrogens with one attached hydrogen (secondary N) is 1. The zero-order valence-electron chi connectivity index (χ0n) is 14.5. The van der Waals surface area contributed by atoms with Gasteiger partial charge in [0.05, 0.1) is 12.2 Å². The van der Waals surface area contributed by atoms with E-state index in [1.165, 1.54) is 10.8 Å².